The summed E-state index contributed by atoms with van der Waals surface area (Å²) in [5.74, 6) is 0.624. The lowest BCUT2D eigenvalue weighted by atomic mass is 10.2. The van der Waals surface area contributed by atoms with Gasteiger partial charge >= 0.3 is 6.03 Å². The van der Waals surface area contributed by atoms with Crippen LogP contribution in [0.3, 0.4) is 0 Å². The molecule has 0 bridgehead atoms. The van der Waals surface area contributed by atoms with Gasteiger partial charge in [0.05, 0.1) is 31.1 Å². The number of aryl methyl sites for hydroxylation is 1. The summed E-state index contributed by atoms with van der Waals surface area (Å²) in [7, 11) is 5.63. The zero-order chi connectivity index (χ0) is 17.8. The molecule has 2 aromatic heterocycles. The highest BCUT2D eigenvalue weighted by Crippen LogP contribution is 2.21. The fourth-order valence-corrected chi connectivity index (χ4v) is 2.62. The van der Waals surface area contributed by atoms with Crippen molar-refractivity contribution in [3.05, 3.63) is 35.9 Å². The van der Waals surface area contributed by atoms with E-state index in [9.17, 15) is 4.79 Å². The summed E-state index contributed by atoms with van der Waals surface area (Å²) in [6.45, 7) is 1.93. The molecule has 3 rings (SSSR count). The van der Waals surface area contributed by atoms with Crippen LogP contribution in [0.5, 0.6) is 0 Å². The number of urea groups is 1. The van der Waals surface area contributed by atoms with Gasteiger partial charge in [-0.1, -0.05) is 0 Å². The Balaban J connectivity index is 1.61. The first-order chi connectivity index (χ1) is 12.0. The monoisotopic (exact) mass is 345 g/mol. The molecule has 0 radical (unpaired) electrons. The highest BCUT2D eigenvalue weighted by Gasteiger charge is 2.26. The van der Waals surface area contributed by atoms with Gasteiger partial charge in [0.1, 0.15) is 6.10 Å². The Kier molecular flexibility index (Phi) is 5.13. The minimum atomic E-state index is -0.252. The molecule has 2 amide bonds. The molecule has 1 unspecified atom stereocenters. The fourth-order valence-electron chi connectivity index (χ4n) is 2.62. The Hall–Kier alpha value is -2.68. The summed E-state index contributed by atoms with van der Waals surface area (Å²) >= 11 is 0. The average Bonchev–Trinajstić information content (AvgIpc) is 3.05. The standard InChI is InChI=1S/C16H23N7O2/c1-21(2)15-17-6-5-13(20-15)14-11-23(8-9-25-14)16(24)18-10-12-4-7-19-22(12)3/h4-7,14H,8-11H2,1-3H3,(H,18,24). The van der Waals surface area contributed by atoms with Crippen molar-refractivity contribution in [2.24, 2.45) is 7.05 Å². The summed E-state index contributed by atoms with van der Waals surface area (Å²) in [6, 6.07) is 3.59. The number of hydrogen-bond donors (Lipinski definition) is 1. The van der Waals surface area contributed by atoms with Gasteiger partial charge in [-0.15, -0.1) is 0 Å². The van der Waals surface area contributed by atoms with Crippen LogP contribution in [0.1, 0.15) is 17.5 Å². The summed E-state index contributed by atoms with van der Waals surface area (Å²) < 4.78 is 7.55. The number of aromatic nitrogens is 4. The Morgan fingerprint density at radius 3 is 2.96 bits per heavy atom. The van der Waals surface area contributed by atoms with Crippen LogP contribution in [-0.4, -0.2) is 64.5 Å². The van der Waals surface area contributed by atoms with E-state index in [4.69, 9.17) is 4.74 Å². The normalized spacial score (nSPS) is 17.4. The van der Waals surface area contributed by atoms with Crippen LogP contribution in [-0.2, 0) is 18.3 Å². The Morgan fingerprint density at radius 1 is 1.40 bits per heavy atom. The number of hydrogen-bond acceptors (Lipinski definition) is 6. The van der Waals surface area contributed by atoms with Crippen LogP contribution >= 0.6 is 0 Å². The molecular weight excluding hydrogens is 322 g/mol. The molecule has 0 aliphatic carbocycles. The van der Waals surface area contributed by atoms with Gasteiger partial charge in [0.25, 0.3) is 0 Å². The smallest absolute Gasteiger partial charge is 0.317 e. The SMILES string of the molecule is CN(C)c1nccc(C2CN(C(=O)NCc3ccnn3C)CCO2)n1. The first-order valence-electron chi connectivity index (χ1n) is 8.16. The maximum absolute atomic E-state index is 12.4. The van der Waals surface area contributed by atoms with Crippen molar-refractivity contribution >= 4 is 12.0 Å². The van der Waals surface area contributed by atoms with E-state index in [-0.39, 0.29) is 12.1 Å². The van der Waals surface area contributed by atoms with Gasteiger partial charge in [-0.25, -0.2) is 14.8 Å². The van der Waals surface area contributed by atoms with Crippen LogP contribution in [0.4, 0.5) is 10.7 Å². The second-order valence-corrected chi connectivity index (χ2v) is 6.09. The van der Waals surface area contributed by atoms with Crippen LogP contribution in [0, 0.1) is 0 Å². The van der Waals surface area contributed by atoms with E-state index in [1.165, 1.54) is 0 Å². The van der Waals surface area contributed by atoms with Crippen molar-refractivity contribution in [2.45, 2.75) is 12.6 Å². The summed E-state index contributed by atoms with van der Waals surface area (Å²) in [5.41, 5.74) is 1.73. The molecule has 9 heteroatoms. The first kappa shape index (κ1) is 17.2. The predicted molar refractivity (Wildman–Crippen MR) is 92.1 cm³/mol. The maximum atomic E-state index is 12.4. The molecule has 134 valence electrons. The minimum absolute atomic E-state index is 0.114. The van der Waals surface area contributed by atoms with Crippen molar-refractivity contribution in [1.29, 1.82) is 0 Å². The van der Waals surface area contributed by atoms with E-state index in [0.717, 1.165) is 11.4 Å². The van der Waals surface area contributed by atoms with Crippen LogP contribution < -0.4 is 10.2 Å². The maximum Gasteiger partial charge on any atom is 0.317 e. The number of carbonyl (C=O) groups is 1. The van der Waals surface area contributed by atoms with Gasteiger partial charge in [0.15, 0.2) is 0 Å². The Morgan fingerprint density at radius 2 is 2.24 bits per heavy atom. The Bertz CT molecular complexity index is 731. The van der Waals surface area contributed by atoms with E-state index in [1.807, 2.05) is 38.2 Å². The van der Waals surface area contributed by atoms with Gasteiger partial charge in [-0.2, -0.15) is 5.10 Å². The number of amides is 2. The molecule has 0 spiro atoms. The van der Waals surface area contributed by atoms with Crippen molar-refractivity contribution < 1.29 is 9.53 Å². The molecule has 9 nitrogen and oxygen atoms in total. The van der Waals surface area contributed by atoms with Crippen molar-refractivity contribution in [3.8, 4) is 0 Å². The third-order valence-corrected chi connectivity index (χ3v) is 4.09. The van der Waals surface area contributed by atoms with E-state index in [0.29, 0.717) is 32.2 Å². The van der Waals surface area contributed by atoms with Gasteiger partial charge in [0.2, 0.25) is 5.95 Å². The number of ether oxygens (including phenoxy) is 1. The van der Waals surface area contributed by atoms with Gasteiger partial charge in [0, 0.05) is 40.1 Å². The van der Waals surface area contributed by atoms with Crippen LogP contribution in [0.25, 0.3) is 0 Å². The summed E-state index contributed by atoms with van der Waals surface area (Å²) in [6.07, 6.45) is 3.17. The van der Waals surface area contributed by atoms with E-state index in [1.54, 1.807) is 22.0 Å². The molecule has 0 saturated carbocycles. The lowest BCUT2D eigenvalue weighted by Crippen LogP contribution is -2.47. The fraction of sp³-hybridized carbons (Fsp3) is 0.500. The molecule has 2 aromatic rings. The number of morpholine rings is 1. The molecule has 1 fully saturated rings. The number of rotatable bonds is 4. The van der Waals surface area contributed by atoms with Crippen molar-refractivity contribution in [3.63, 3.8) is 0 Å². The third-order valence-electron chi connectivity index (χ3n) is 4.09. The number of carbonyl (C=O) groups excluding carboxylic acids is 1. The number of anilines is 1. The molecule has 25 heavy (non-hydrogen) atoms. The lowest BCUT2D eigenvalue weighted by molar-refractivity contribution is -0.0176. The summed E-state index contributed by atoms with van der Waals surface area (Å²) in [5, 5.41) is 7.02. The lowest BCUT2D eigenvalue weighted by Gasteiger charge is -2.32. The Labute approximate surface area is 146 Å². The van der Waals surface area contributed by atoms with Crippen molar-refractivity contribution in [2.75, 3.05) is 38.7 Å². The van der Waals surface area contributed by atoms with Gasteiger partial charge < -0.3 is 19.9 Å². The van der Waals surface area contributed by atoms with E-state index >= 15 is 0 Å². The van der Waals surface area contributed by atoms with Gasteiger partial charge in [-0.3, -0.25) is 4.68 Å². The molecule has 1 N–H and O–H groups in total. The second-order valence-electron chi connectivity index (χ2n) is 6.09. The number of nitrogens with zero attached hydrogens (tertiary/aromatic N) is 6. The highest BCUT2D eigenvalue weighted by molar-refractivity contribution is 5.74. The minimum Gasteiger partial charge on any atom is -0.368 e. The molecular formula is C16H23N7O2. The topological polar surface area (TPSA) is 88.4 Å². The third kappa shape index (κ3) is 4.05. The highest BCUT2D eigenvalue weighted by atomic mass is 16.5. The van der Waals surface area contributed by atoms with E-state index < -0.39 is 0 Å². The molecule has 1 aliphatic rings. The zero-order valence-corrected chi connectivity index (χ0v) is 14.7. The summed E-state index contributed by atoms with van der Waals surface area (Å²) in [4.78, 5) is 24.8. The zero-order valence-electron chi connectivity index (χ0n) is 14.7. The van der Waals surface area contributed by atoms with Gasteiger partial charge in [-0.05, 0) is 12.1 Å². The molecule has 1 atom stereocenters. The predicted octanol–water partition coefficient (Wildman–Crippen LogP) is 0.559. The van der Waals surface area contributed by atoms with E-state index in [2.05, 4.69) is 20.4 Å². The molecule has 0 aromatic carbocycles. The van der Waals surface area contributed by atoms with Crippen molar-refractivity contribution in [1.82, 2.24) is 30.0 Å². The van der Waals surface area contributed by atoms with Crippen LogP contribution in [0.15, 0.2) is 24.5 Å². The molecule has 1 aliphatic heterocycles. The average molecular weight is 345 g/mol. The molecule has 3 heterocycles. The number of nitrogens with one attached hydrogen (secondary N) is 1. The first-order valence-corrected chi connectivity index (χ1v) is 8.16. The quantitative estimate of drug-likeness (QED) is 0.871. The second kappa shape index (κ2) is 7.47. The largest absolute Gasteiger partial charge is 0.368 e. The van der Waals surface area contributed by atoms with Crippen LogP contribution in [0.2, 0.25) is 0 Å². The molecule has 1 saturated heterocycles.